The fourth-order valence-corrected chi connectivity index (χ4v) is 4.26. The van der Waals surface area contributed by atoms with Crippen molar-refractivity contribution in [2.45, 2.75) is 98.6 Å². The predicted molar refractivity (Wildman–Crippen MR) is 160 cm³/mol. The van der Waals surface area contributed by atoms with Crippen LogP contribution < -0.4 is 0 Å². The second-order valence-electron chi connectivity index (χ2n) is 13.7. The maximum atomic E-state index is 13.3. The molecule has 3 amide bonds. The van der Waals surface area contributed by atoms with Crippen molar-refractivity contribution in [3.05, 3.63) is 35.9 Å². The summed E-state index contributed by atoms with van der Waals surface area (Å²) in [5, 5.41) is 0. The van der Waals surface area contributed by atoms with Gasteiger partial charge in [-0.2, -0.15) is 0 Å². The number of nitrogens with zero attached hydrogens (tertiary/aromatic N) is 4. The van der Waals surface area contributed by atoms with Crippen molar-refractivity contribution in [2.75, 3.05) is 45.8 Å². The third-order valence-corrected chi connectivity index (χ3v) is 6.23. The lowest BCUT2D eigenvalue weighted by atomic mass is 10.1. The zero-order chi connectivity index (χ0) is 31.0. The lowest BCUT2D eigenvalue weighted by molar-refractivity contribution is 0.00117. The molecule has 1 saturated heterocycles. The summed E-state index contributed by atoms with van der Waals surface area (Å²) >= 11 is 0. The van der Waals surface area contributed by atoms with Crippen LogP contribution in [0.15, 0.2) is 30.3 Å². The average molecular weight is 577 g/mol. The Balaban J connectivity index is 2.41. The predicted octanol–water partition coefficient (Wildman–Crippen LogP) is 5.60. The average Bonchev–Trinajstić information content (AvgIpc) is 2.80. The van der Waals surface area contributed by atoms with Gasteiger partial charge in [-0.1, -0.05) is 30.3 Å². The quantitative estimate of drug-likeness (QED) is 0.423. The molecule has 0 saturated carbocycles. The van der Waals surface area contributed by atoms with Gasteiger partial charge in [-0.25, -0.2) is 14.4 Å². The van der Waals surface area contributed by atoms with E-state index in [4.69, 9.17) is 14.2 Å². The molecule has 41 heavy (non-hydrogen) atoms. The van der Waals surface area contributed by atoms with Crippen LogP contribution in [0, 0.1) is 0 Å². The lowest BCUT2D eigenvalue weighted by Gasteiger charge is -2.38. The summed E-state index contributed by atoms with van der Waals surface area (Å²) in [6.07, 6.45) is -1.36. The lowest BCUT2D eigenvalue weighted by Crippen LogP contribution is -2.53. The molecular weight excluding hydrogens is 524 g/mol. The van der Waals surface area contributed by atoms with Crippen molar-refractivity contribution in [2.24, 2.45) is 0 Å². The molecule has 10 heteroatoms. The smallest absolute Gasteiger partial charge is 0.410 e. The highest BCUT2D eigenvalue weighted by Gasteiger charge is 2.31. The molecule has 0 bridgehead atoms. The molecule has 0 aromatic heterocycles. The molecule has 0 N–H and O–H groups in total. The molecule has 1 aliphatic heterocycles. The number of ether oxygens (including phenoxy) is 3. The van der Waals surface area contributed by atoms with Gasteiger partial charge in [0.2, 0.25) is 0 Å². The number of hydrogen-bond acceptors (Lipinski definition) is 7. The van der Waals surface area contributed by atoms with Gasteiger partial charge in [0.05, 0.1) is 0 Å². The van der Waals surface area contributed by atoms with Gasteiger partial charge in [-0.3, -0.25) is 4.90 Å². The van der Waals surface area contributed by atoms with Gasteiger partial charge in [-0.15, -0.1) is 0 Å². The summed E-state index contributed by atoms with van der Waals surface area (Å²) in [4.78, 5) is 46.9. The summed E-state index contributed by atoms with van der Waals surface area (Å²) in [5.41, 5.74) is -0.874. The summed E-state index contributed by atoms with van der Waals surface area (Å²) in [6.45, 7) is 21.5. The minimum absolute atomic E-state index is 0.0717. The third-order valence-electron chi connectivity index (χ3n) is 6.23. The molecule has 1 atom stereocenters. The molecule has 10 nitrogen and oxygen atoms in total. The third kappa shape index (κ3) is 13.0. The topological polar surface area (TPSA) is 91.9 Å². The largest absolute Gasteiger partial charge is 0.444 e. The first-order valence-electron chi connectivity index (χ1n) is 14.5. The molecule has 1 aromatic carbocycles. The summed E-state index contributed by atoms with van der Waals surface area (Å²) in [5.74, 6) is 0. The fraction of sp³-hybridized carbons (Fsp3) is 0.710. The summed E-state index contributed by atoms with van der Waals surface area (Å²) in [7, 11) is 0. The SMILES string of the molecule is CC1CN(C(=O)OC(C)(C)C)CCN(C(=O)OC(C)(C)C)CCN(C(=O)OC(C)(C)C)CCN1Cc1ccccc1. The molecular formula is C31H52N4O6. The van der Waals surface area contributed by atoms with Crippen LogP contribution in [0.25, 0.3) is 0 Å². The zero-order valence-electron chi connectivity index (χ0n) is 26.9. The van der Waals surface area contributed by atoms with Gasteiger partial charge >= 0.3 is 18.3 Å². The van der Waals surface area contributed by atoms with E-state index in [1.54, 1.807) is 14.7 Å². The number of amides is 3. The van der Waals surface area contributed by atoms with Crippen molar-refractivity contribution in [3.8, 4) is 0 Å². The van der Waals surface area contributed by atoms with Crippen LogP contribution in [-0.2, 0) is 20.8 Å². The molecule has 1 aliphatic rings. The van der Waals surface area contributed by atoms with Crippen molar-refractivity contribution in [3.63, 3.8) is 0 Å². The molecule has 1 fully saturated rings. The number of hydrogen-bond donors (Lipinski definition) is 0. The Morgan fingerprint density at radius 2 is 1.00 bits per heavy atom. The number of carbonyl (C=O) groups excluding carboxylic acids is 3. The fourth-order valence-electron chi connectivity index (χ4n) is 4.26. The van der Waals surface area contributed by atoms with Crippen molar-refractivity contribution >= 4 is 18.3 Å². The van der Waals surface area contributed by atoms with Gasteiger partial charge in [0.1, 0.15) is 16.8 Å². The standard InChI is InChI=1S/C31H52N4O6/c1-24-22-35(28(38)41-31(8,9)10)21-19-33(27(37)40-30(5,6)7)17-16-32(26(36)39-29(2,3)4)18-20-34(24)23-25-14-12-11-13-15-25/h11-15,24H,16-23H2,1-10H3. The molecule has 0 spiro atoms. The van der Waals surface area contributed by atoms with Crippen molar-refractivity contribution < 1.29 is 28.6 Å². The first kappa shape index (κ1) is 34.2. The molecule has 0 aliphatic carbocycles. The van der Waals surface area contributed by atoms with Gasteiger partial charge in [0, 0.05) is 58.4 Å². The maximum absolute atomic E-state index is 13.3. The second kappa shape index (κ2) is 14.2. The van der Waals surface area contributed by atoms with Gasteiger partial charge in [-0.05, 0) is 74.8 Å². The Morgan fingerprint density at radius 3 is 1.41 bits per heavy atom. The first-order valence-corrected chi connectivity index (χ1v) is 14.5. The van der Waals surface area contributed by atoms with E-state index in [2.05, 4.69) is 24.0 Å². The Labute approximate surface area is 246 Å². The first-order chi connectivity index (χ1) is 18.8. The van der Waals surface area contributed by atoms with E-state index in [1.165, 1.54) is 0 Å². The Hall–Kier alpha value is -3.01. The molecule has 232 valence electrons. The van der Waals surface area contributed by atoms with Gasteiger partial charge < -0.3 is 28.9 Å². The van der Waals surface area contributed by atoms with E-state index in [-0.39, 0.29) is 32.2 Å². The Bertz CT molecular complexity index is 997. The second-order valence-corrected chi connectivity index (χ2v) is 13.7. The van der Waals surface area contributed by atoms with Crippen LogP contribution >= 0.6 is 0 Å². The molecule has 1 heterocycles. The number of benzene rings is 1. The molecule has 0 radical (unpaired) electrons. The maximum Gasteiger partial charge on any atom is 0.410 e. The summed E-state index contributed by atoms with van der Waals surface area (Å²) in [6, 6.07) is 10.0. The van der Waals surface area contributed by atoms with Crippen LogP contribution in [0.4, 0.5) is 14.4 Å². The van der Waals surface area contributed by atoms with Crippen LogP contribution in [0.2, 0.25) is 0 Å². The minimum Gasteiger partial charge on any atom is -0.444 e. The van der Waals surface area contributed by atoms with Crippen LogP contribution in [-0.4, -0.2) is 107 Å². The molecule has 2 rings (SSSR count). The monoisotopic (exact) mass is 576 g/mol. The minimum atomic E-state index is -0.692. The highest BCUT2D eigenvalue weighted by molar-refractivity contribution is 5.70. The van der Waals surface area contributed by atoms with E-state index in [9.17, 15) is 14.4 Å². The highest BCUT2D eigenvalue weighted by atomic mass is 16.6. The normalized spacial score (nSPS) is 18.7. The van der Waals surface area contributed by atoms with E-state index < -0.39 is 35.1 Å². The zero-order valence-corrected chi connectivity index (χ0v) is 26.9. The van der Waals surface area contributed by atoms with Gasteiger partial charge in [0.25, 0.3) is 0 Å². The van der Waals surface area contributed by atoms with E-state index in [0.717, 1.165) is 5.56 Å². The Morgan fingerprint density at radius 1 is 0.634 bits per heavy atom. The van der Waals surface area contributed by atoms with Crippen LogP contribution in [0.5, 0.6) is 0 Å². The number of rotatable bonds is 2. The van der Waals surface area contributed by atoms with E-state index in [0.29, 0.717) is 26.2 Å². The van der Waals surface area contributed by atoms with Crippen molar-refractivity contribution in [1.29, 1.82) is 0 Å². The highest BCUT2D eigenvalue weighted by Crippen LogP contribution is 2.17. The van der Waals surface area contributed by atoms with E-state index in [1.807, 2.05) is 80.5 Å². The number of carbonyl (C=O) groups is 3. The van der Waals surface area contributed by atoms with Crippen molar-refractivity contribution in [1.82, 2.24) is 19.6 Å². The van der Waals surface area contributed by atoms with Gasteiger partial charge in [0.15, 0.2) is 0 Å². The van der Waals surface area contributed by atoms with Crippen LogP contribution in [0.1, 0.15) is 74.8 Å². The molecule has 1 aromatic rings. The van der Waals surface area contributed by atoms with E-state index >= 15 is 0 Å². The summed E-state index contributed by atoms with van der Waals surface area (Å²) < 4.78 is 17.1. The van der Waals surface area contributed by atoms with Crippen LogP contribution in [0.3, 0.4) is 0 Å². The Kier molecular flexibility index (Phi) is 11.9. The molecule has 1 unspecified atom stereocenters.